The van der Waals surface area contributed by atoms with Crippen LogP contribution in [0.3, 0.4) is 0 Å². The van der Waals surface area contributed by atoms with E-state index in [-0.39, 0.29) is 17.7 Å². The van der Waals surface area contributed by atoms with Crippen LogP contribution in [0.15, 0.2) is 6.07 Å². The number of hydrogen-bond donors (Lipinski definition) is 0. The number of carbonyl (C=O) groups is 1. The third-order valence-electron chi connectivity index (χ3n) is 2.02. The third-order valence-corrected chi connectivity index (χ3v) is 2.02. The summed E-state index contributed by atoms with van der Waals surface area (Å²) >= 11 is 0. The van der Waals surface area contributed by atoms with Crippen LogP contribution >= 0.6 is 0 Å². The van der Waals surface area contributed by atoms with Crippen molar-refractivity contribution in [2.75, 3.05) is 14.2 Å². The van der Waals surface area contributed by atoms with Gasteiger partial charge >= 0.3 is 5.97 Å². The Labute approximate surface area is 95.4 Å². The molecule has 1 rings (SSSR count). The Balaban J connectivity index is 3.23. The van der Waals surface area contributed by atoms with Gasteiger partial charge in [-0.05, 0) is 0 Å². The summed E-state index contributed by atoms with van der Waals surface area (Å²) in [4.78, 5) is 14.1. The van der Waals surface area contributed by atoms with Crippen LogP contribution in [0.2, 0.25) is 0 Å². The van der Waals surface area contributed by atoms with E-state index in [1.54, 1.807) is 0 Å². The highest BCUT2D eigenvalue weighted by molar-refractivity contribution is 5.73. The van der Waals surface area contributed by atoms with Crippen molar-refractivity contribution in [1.29, 1.82) is 0 Å². The molecule has 0 bridgehead atoms. The van der Waals surface area contributed by atoms with E-state index in [0.29, 0.717) is 0 Å². The number of hydrogen-bond acceptors (Lipinski definition) is 4. The van der Waals surface area contributed by atoms with Crippen molar-refractivity contribution >= 4 is 5.97 Å². The number of nitrogens with zero attached hydrogens (tertiary/aromatic N) is 1. The van der Waals surface area contributed by atoms with Gasteiger partial charge in [-0.25, -0.2) is 13.8 Å². The van der Waals surface area contributed by atoms with E-state index < -0.39 is 24.0 Å². The fourth-order valence-corrected chi connectivity index (χ4v) is 1.31. The van der Waals surface area contributed by atoms with Crippen molar-refractivity contribution < 1.29 is 27.4 Å². The van der Waals surface area contributed by atoms with Crippen LogP contribution in [-0.4, -0.2) is 25.2 Å². The molecule has 1 aromatic heterocycles. The average Bonchev–Trinajstić information content (AvgIpc) is 2.28. The largest absolute Gasteiger partial charge is 0.494 e. The lowest BCUT2D eigenvalue weighted by Crippen LogP contribution is -2.09. The summed E-state index contributed by atoms with van der Waals surface area (Å²) in [5, 5.41) is 0. The molecule has 0 unspecified atom stereocenters. The second-order valence-corrected chi connectivity index (χ2v) is 3.08. The topological polar surface area (TPSA) is 48.4 Å². The van der Waals surface area contributed by atoms with Gasteiger partial charge in [-0.1, -0.05) is 0 Å². The molecule has 0 saturated heterocycles. The second kappa shape index (κ2) is 5.51. The fourth-order valence-electron chi connectivity index (χ4n) is 1.31. The Morgan fingerprint density at radius 3 is 2.59 bits per heavy atom. The highest BCUT2D eigenvalue weighted by Crippen LogP contribution is 2.31. The van der Waals surface area contributed by atoms with E-state index in [4.69, 9.17) is 4.74 Å². The number of rotatable bonds is 4. The van der Waals surface area contributed by atoms with Crippen molar-refractivity contribution in [3.05, 3.63) is 23.3 Å². The molecule has 0 aliphatic rings. The predicted molar refractivity (Wildman–Crippen MR) is 51.4 cm³/mol. The van der Waals surface area contributed by atoms with Crippen molar-refractivity contribution in [2.24, 2.45) is 0 Å². The van der Waals surface area contributed by atoms with Crippen LogP contribution in [0.25, 0.3) is 0 Å². The number of methoxy groups -OCH3 is 2. The van der Waals surface area contributed by atoms with Gasteiger partial charge in [0.15, 0.2) is 5.69 Å². The maximum Gasteiger partial charge on any atom is 0.310 e. The van der Waals surface area contributed by atoms with Crippen molar-refractivity contribution in [3.8, 4) is 5.75 Å². The summed E-state index contributed by atoms with van der Waals surface area (Å²) in [6.45, 7) is 0. The molecule has 0 N–H and O–H groups in total. The van der Waals surface area contributed by atoms with Gasteiger partial charge in [-0.3, -0.25) is 4.79 Å². The van der Waals surface area contributed by atoms with Gasteiger partial charge in [-0.2, -0.15) is 4.39 Å². The van der Waals surface area contributed by atoms with Gasteiger partial charge in [0.2, 0.25) is 5.95 Å². The maximum atomic E-state index is 13.0. The van der Waals surface area contributed by atoms with E-state index in [1.807, 2.05) is 0 Å². The van der Waals surface area contributed by atoms with Gasteiger partial charge in [0.25, 0.3) is 6.43 Å². The lowest BCUT2D eigenvalue weighted by molar-refractivity contribution is -0.139. The zero-order chi connectivity index (χ0) is 13.0. The highest BCUT2D eigenvalue weighted by Gasteiger charge is 2.22. The first-order valence-electron chi connectivity index (χ1n) is 4.57. The molecule has 1 aromatic rings. The number of alkyl halides is 2. The van der Waals surface area contributed by atoms with Crippen LogP contribution in [-0.2, 0) is 16.0 Å². The molecule has 7 heteroatoms. The molecule has 0 saturated carbocycles. The smallest absolute Gasteiger partial charge is 0.310 e. The summed E-state index contributed by atoms with van der Waals surface area (Å²) in [7, 11) is 2.28. The van der Waals surface area contributed by atoms with E-state index in [0.717, 1.165) is 20.3 Å². The van der Waals surface area contributed by atoms with E-state index in [1.165, 1.54) is 0 Å². The highest BCUT2D eigenvalue weighted by atomic mass is 19.3. The Bertz CT molecular complexity index is 424. The van der Waals surface area contributed by atoms with Crippen LogP contribution in [0, 0.1) is 5.95 Å². The third kappa shape index (κ3) is 3.08. The predicted octanol–water partition coefficient (Wildman–Crippen LogP) is 1.88. The van der Waals surface area contributed by atoms with Gasteiger partial charge in [0.05, 0.1) is 20.6 Å². The van der Waals surface area contributed by atoms with Gasteiger partial charge in [0.1, 0.15) is 5.75 Å². The molecule has 94 valence electrons. The van der Waals surface area contributed by atoms with Crippen LogP contribution in [0.5, 0.6) is 5.75 Å². The monoisotopic (exact) mass is 249 g/mol. The van der Waals surface area contributed by atoms with Crippen molar-refractivity contribution in [2.45, 2.75) is 12.8 Å². The standard InChI is InChI=1S/C10H10F3NO3/c1-16-7(15)4-5-3-6(11)14-8(10(12)13)9(5)17-2/h3,10H,4H2,1-2H3. The summed E-state index contributed by atoms with van der Waals surface area (Å²) < 4.78 is 47.2. The second-order valence-electron chi connectivity index (χ2n) is 3.08. The molecule has 0 spiro atoms. The minimum atomic E-state index is -2.99. The minimum Gasteiger partial charge on any atom is -0.494 e. The molecule has 17 heavy (non-hydrogen) atoms. The lowest BCUT2D eigenvalue weighted by atomic mass is 10.1. The molecule has 0 radical (unpaired) electrons. The van der Waals surface area contributed by atoms with Crippen molar-refractivity contribution in [1.82, 2.24) is 4.98 Å². The van der Waals surface area contributed by atoms with E-state index >= 15 is 0 Å². The molecule has 0 aliphatic carbocycles. The first kappa shape index (κ1) is 13.3. The van der Waals surface area contributed by atoms with Gasteiger partial charge in [0, 0.05) is 11.6 Å². The maximum absolute atomic E-state index is 13.0. The molecule has 0 aromatic carbocycles. The van der Waals surface area contributed by atoms with Crippen LogP contribution in [0.1, 0.15) is 17.7 Å². The molecular formula is C10H10F3NO3. The average molecular weight is 249 g/mol. The minimum absolute atomic E-state index is 0.0258. The molecule has 0 amide bonds. The van der Waals surface area contributed by atoms with Crippen LogP contribution in [0.4, 0.5) is 13.2 Å². The fraction of sp³-hybridized carbons (Fsp3) is 0.400. The Morgan fingerprint density at radius 1 is 1.47 bits per heavy atom. The first-order chi connectivity index (χ1) is 7.99. The van der Waals surface area contributed by atoms with Gasteiger partial charge in [-0.15, -0.1) is 0 Å². The summed E-state index contributed by atoms with van der Waals surface area (Å²) in [6.07, 6.45) is -3.35. The lowest BCUT2D eigenvalue weighted by Gasteiger charge is -2.11. The molecule has 1 heterocycles. The summed E-state index contributed by atoms with van der Waals surface area (Å²) in [6, 6.07) is 0.863. The number of carbonyl (C=O) groups excluding carboxylic acids is 1. The zero-order valence-electron chi connectivity index (χ0n) is 9.17. The first-order valence-corrected chi connectivity index (χ1v) is 4.57. The number of pyridine rings is 1. The Kier molecular flexibility index (Phi) is 4.30. The normalized spacial score (nSPS) is 10.5. The van der Waals surface area contributed by atoms with E-state index in [9.17, 15) is 18.0 Å². The number of esters is 1. The van der Waals surface area contributed by atoms with Gasteiger partial charge < -0.3 is 9.47 Å². The number of aromatic nitrogens is 1. The Hall–Kier alpha value is -1.79. The zero-order valence-corrected chi connectivity index (χ0v) is 9.17. The number of halogens is 3. The molecule has 0 atom stereocenters. The SMILES string of the molecule is COC(=O)Cc1cc(F)nc(C(F)F)c1OC. The van der Waals surface area contributed by atoms with Crippen LogP contribution < -0.4 is 4.74 Å². The Morgan fingerprint density at radius 2 is 2.12 bits per heavy atom. The quantitative estimate of drug-likeness (QED) is 0.604. The molecule has 0 fully saturated rings. The molecule has 4 nitrogen and oxygen atoms in total. The summed E-state index contributed by atoms with van der Waals surface area (Å²) in [5.41, 5.74) is -0.853. The summed E-state index contributed by atoms with van der Waals surface area (Å²) in [5.74, 6) is -2.08. The molecular weight excluding hydrogens is 239 g/mol. The van der Waals surface area contributed by atoms with E-state index in [2.05, 4.69) is 9.72 Å². The molecule has 0 aliphatic heterocycles. The number of ether oxygens (including phenoxy) is 2. The van der Waals surface area contributed by atoms with Crippen molar-refractivity contribution in [3.63, 3.8) is 0 Å².